The molecule has 2 bridgehead atoms. The number of aromatic nitrogens is 3. The molecule has 4 rings (SSSR count). The van der Waals surface area contributed by atoms with Gasteiger partial charge >= 0.3 is 0 Å². The molecule has 2 saturated carbocycles. The number of rotatable bonds is 3. The van der Waals surface area contributed by atoms with Crippen molar-refractivity contribution in [3.05, 3.63) is 29.8 Å². The predicted molar refractivity (Wildman–Crippen MR) is 73.6 cm³/mol. The Hall–Kier alpha value is -1.75. The van der Waals surface area contributed by atoms with Gasteiger partial charge in [-0.3, -0.25) is 4.98 Å². The Labute approximate surface area is 117 Å². The minimum atomic E-state index is 0.418. The molecule has 0 aliphatic heterocycles. The molecule has 2 aromatic rings. The third-order valence-electron chi connectivity index (χ3n) is 4.78. The summed E-state index contributed by atoms with van der Waals surface area (Å²) in [7, 11) is 0. The Morgan fingerprint density at radius 1 is 1.30 bits per heavy atom. The van der Waals surface area contributed by atoms with E-state index < -0.39 is 0 Å². The van der Waals surface area contributed by atoms with Crippen LogP contribution in [-0.2, 0) is 6.54 Å². The van der Waals surface area contributed by atoms with Gasteiger partial charge in [0, 0.05) is 24.2 Å². The number of nitrogens with zero attached hydrogens (tertiary/aromatic N) is 3. The lowest BCUT2D eigenvalue weighted by Gasteiger charge is -2.17. The summed E-state index contributed by atoms with van der Waals surface area (Å²) in [4.78, 5) is 8.79. The summed E-state index contributed by atoms with van der Waals surface area (Å²) in [5.41, 5.74) is 7.35. The van der Waals surface area contributed by atoms with Crippen molar-refractivity contribution in [3.63, 3.8) is 0 Å². The quantitative estimate of drug-likeness (QED) is 0.927. The van der Waals surface area contributed by atoms with Crippen LogP contribution in [0.15, 0.2) is 22.9 Å². The Kier molecular flexibility index (Phi) is 2.80. The van der Waals surface area contributed by atoms with E-state index in [1.54, 1.807) is 6.20 Å². The van der Waals surface area contributed by atoms with Crippen molar-refractivity contribution in [2.24, 2.45) is 17.6 Å². The molecule has 2 aliphatic rings. The van der Waals surface area contributed by atoms with Crippen LogP contribution in [-0.4, -0.2) is 15.1 Å². The molecule has 2 aromatic heterocycles. The van der Waals surface area contributed by atoms with Gasteiger partial charge in [-0.25, -0.2) is 0 Å². The lowest BCUT2D eigenvalue weighted by molar-refractivity contribution is 0.372. The van der Waals surface area contributed by atoms with Crippen LogP contribution in [0, 0.1) is 11.8 Å². The van der Waals surface area contributed by atoms with Crippen molar-refractivity contribution in [2.45, 2.75) is 38.1 Å². The molecule has 5 heteroatoms. The van der Waals surface area contributed by atoms with Gasteiger partial charge in [0.1, 0.15) is 0 Å². The minimum absolute atomic E-state index is 0.418. The van der Waals surface area contributed by atoms with Crippen LogP contribution in [0.1, 0.15) is 43.1 Å². The first kappa shape index (κ1) is 12.0. The Bertz CT molecular complexity index is 624. The van der Waals surface area contributed by atoms with E-state index in [1.807, 2.05) is 12.1 Å². The number of fused-ring (bicyclic) bond motifs is 2. The van der Waals surface area contributed by atoms with Gasteiger partial charge < -0.3 is 10.3 Å². The summed E-state index contributed by atoms with van der Waals surface area (Å²) in [6.07, 6.45) is 7.02. The second kappa shape index (κ2) is 4.66. The van der Waals surface area contributed by atoms with E-state index in [-0.39, 0.29) is 0 Å². The van der Waals surface area contributed by atoms with E-state index in [0.717, 1.165) is 28.9 Å². The smallest absolute Gasteiger partial charge is 0.258 e. The lowest BCUT2D eigenvalue weighted by Crippen LogP contribution is -2.09. The monoisotopic (exact) mass is 270 g/mol. The summed E-state index contributed by atoms with van der Waals surface area (Å²) in [5, 5.41) is 4.21. The van der Waals surface area contributed by atoms with Crippen molar-refractivity contribution in [1.29, 1.82) is 0 Å². The molecular formula is C15H18N4O. The first-order chi connectivity index (χ1) is 9.83. The van der Waals surface area contributed by atoms with E-state index in [4.69, 9.17) is 10.3 Å². The van der Waals surface area contributed by atoms with E-state index >= 15 is 0 Å². The van der Waals surface area contributed by atoms with Crippen LogP contribution in [0.25, 0.3) is 11.5 Å². The molecule has 104 valence electrons. The molecule has 2 N–H and O–H groups in total. The standard InChI is InChI=1S/C15H18N4O/c16-8-12-7-11(3-4-17-12)15-18-14(19-20-15)13-6-9-1-2-10(13)5-9/h3-4,7,9-10,13H,1-2,5-6,8,16H2. The molecule has 20 heavy (non-hydrogen) atoms. The molecule has 0 aromatic carbocycles. The van der Waals surface area contributed by atoms with Gasteiger partial charge in [-0.05, 0) is 43.2 Å². The minimum Gasteiger partial charge on any atom is -0.334 e. The number of hydrogen-bond acceptors (Lipinski definition) is 5. The lowest BCUT2D eigenvalue weighted by atomic mass is 9.88. The molecule has 0 radical (unpaired) electrons. The Morgan fingerprint density at radius 2 is 2.25 bits per heavy atom. The molecule has 0 amide bonds. The van der Waals surface area contributed by atoms with Crippen molar-refractivity contribution in [3.8, 4) is 11.5 Å². The van der Waals surface area contributed by atoms with Gasteiger partial charge in [0.2, 0.25) is 0 Å². The molecule has 2 aliphatic carbocycles. The van der Waals surface area contributed by atoms with Crippen LogP contribution in [0.5, 0.6) is 0 Å². The normalized spacial score (nSPS) is 28.1. The fourth-order valence-corrected chi connectivity index (χ4v) is 3.79. The van der Waals surface area contributed by atoms with Gasteiger partial charge in [0.25, 0.3) is 5.89 Å². The maximum atomic E-state index is 5.61. The molecular weight excluding hydrogens is 252 g/mol. The molecule has 3 unspecified atom stereocenters. The van der Waals surface area contributed by atoms with Crippen LogP contribution in [0.4, 0.5) is 0 Å². The van der Waals surface area contributed by atoms with Crippen LogP contribution in [0.3, 0.4) is 0 Å². The summed E-state index contributed by atoms with van der Waals surface area (Å²) >= 11 is 0. The Morgan fingerprint density at radius 3 is 3.00 bits per heavy atom. The number of hydrogen-bond donors (Lipinski definition) is 1. The topological polar surface area (TPSA) is 77.8 Å². The summed E-state index contributed by atoms with van der Waals surface area (Å²) < 4.78 is 5.44. The highest BCUT2D eigenvalue weighted by Gasteiger charge is 2.42. The zero-order valence-corrected chi connectivity index (χ0v) is 11.3. The van der Waals surface area contributed by atoms with Crippen molar-refractivity contribution in [2.75, 3.05) is 0 Å². The van der Waals surface area contributed by atoms with Crippen molar-refractivity contribution < 1.29 is 4.52 Å². The highest BCUT2D eigenvalue weighted by molar-refractivity contribution is 5.52. The molecule has 2 heterocycles. The summed E-state index contributed by atoms with van der Waals surface area (Å²) in [6.45, 7) is 0.418. The summed E-state index contributed by atoms with van der Waals surface area (Å²) in [6, 6.07) is 3.80. The first-order valence-electron chi connectivity index (χ1n) is 7.32. The van der Waals surface area contributed by atoms with E-state index in [2.05, 4.69) is 15.1 Å². The predicted octanol–water partition coefficient (Wildman–Crippen LogP) is 2.49. The zero-order chi connectivity index (χ0) is 13.5. The van der Waals surface area contributed by atoms with E-state index in [9.17, 15) is 0 Å². The SMILES string of the molecule is NCc1cc(-c2nc(C3CC4CCC3C4)no2)ccn1. The maximum Gasteiger partial charge on any atom is 0.258 e. The number of nitrogens with two attached hydrogens (primary N) is 1. The number of pyridine rings is 1. The second-order valence-corrected chi connectivity index (χ2v) is 5.98. The van der Waals surface area contributed by atoms with Crippen LogP contribution < -0.4 is 5.73 Å². The zero-order valence-electron chi connectivity index (χ0n) is 11.3. The second-order valence-electron chi connectivity index (χ2n) is 5.98. The van der Waals surface area contributed by atoms with Crippen LogP contribution >= 0.6 is 0 Å². The van der Waals surface area contributed by atoms with Gasteiger partial charge in [-0.15, -0.1) is 0 Å². The third kappa shape index (κ3) is 1.93. The van der Waals surface area contributed by atoms with Gasteiger partial charge in [-0.2, -0.15) is 4.98 Å². The van der Waals surface area contributed by atoms with Gasteiger partial charge in [-0.1, -0.05) is 11.6 Å². The highest BCUT2D eigenvalue weighted by atomic mass is 16.5. The molecule has 3 atom stereocenters. The average Bonchev–Trinajstić information content (AvgIpc) is 3.22. The van der Waals surface area contributed by atoms with Gasteiger partial charge in [0.15, 0.2) is 5.82 Å². The average molecular weight is 270 g/mol. The molecule has 5 nitrogen and oxygen atoms in total. The van der Waals surface area contributed by atoms with E-state index in [0.29, 0.717) is 18.4 Å². The molecule has 0 spiro atoms. The summed E-state index contributed by atoms with van der Waals surface area (Å²) in [5.74, 6) is 3.62. The largest absolute Gasteiger partial charge is 0.334 e. The third-order valence-corrected chi connectivity index (χ3v) is 4.78. The van der Waals surface area contributed by atoms with Crippen molar-refractivity contribution in [1.82, 2.24) is 15.1 Å². The fourth-order valence-electron chi connectivity index (χ4n) is 3.79. The Balaban J connectivity index is 1.61. The highest BCUT2D eigenvalue weighted by Crippen LogP contribution is 2.52. The van der Waals surface area contributed by atoms with Crippen LogP contribution in [0.2, 0.25) is 0 Å². The maximum absolute atomic E-state index is 5.61. The van der Waals surface area contributed by atoms with Crippen molar-refractivity contribution >= 4 is 0 Å². The van der Waals surface area contributed by atoms with E-state index in [1.165, 1.54) is 25.7 Å². The fraction of sp³-hybridized carbons (Fsp3) is 0.533. The molecule has 0 saturated heterocycles. The first-order valence-corrected chi connectivity index (χ1v) is 7.32. The molecule has 2 fully saturated rings. The van der Waals surface area contributed by atoms with Gasteiger partial charge in [0.05, 0.1) is 5.69 Å².